The lowest BCUT2D eigenvalue weighted by Crippen LogP contribution is -2.13. The van der Waals surface area contributed by atoms with Gasteiger partial charge in [0.05, 0.1) is 11.3 Å². The van der Waals surface area contributed by atoms with Gasteiger partial charge in [0.2, 0.25) is 5.91 Å². The number of thiazole rings is 1. The van der Waals surface area contributed by atoms with E-state index in [2.05, 4.69) is 10.3 Å². The summed E-state index contributed by atoms with van der Waals surface area (Å²) in [5.74, 6) is -0.347. The fourth-order valence-electron chi connectivity index (χ4n) is 2.00. The lowest BCUT2D eigenvalue weighted by molar-refractivity contribution is -0.113. The largest absolute Gasteiger partial charge is 0.315 e. The van der Waals surface area contributed by atoms with Gasteiger partial charge in [0.1, 0.15) is 16.5 Å². The van der Waals surface area contributed by atoms with Gasteiger partial charge in [-0.3, -0.25) is 4.79 Å². The van der Waals surface area contributed by atoms with Gasteiger partial charge in [-0.05, 0) is 12.1 Å². The van der Waals surface area contributed by atoms with Crippen molar-refractivity contribution in [2.24, 2.45) is 0 Å². The van der Waals surface area contributed by atoms with Crippen molar-refractivity contribution in [1.82, 2.24) is 4.98 Å². The predicted molar refractivity (Wildman–Crippen MR) is 93.3 cm³/mol. The fraction of sp³-hybridized carbons (Fsp3) is 0.0588. The molecule has 1 aromatic heterocycles. The van der Waals surface area contributed by atoms with Gasteiger partial charge in [-0.25, -0.2) is 9.37 Å². The maximum absolute atomic E-state index is 13.5. The molecule has 1 amide bonds. The molecule has 0 aliphatic carbocycles. The van der Waals surface area contributed by atoms with Crippen LogP contribution >= 0.6 is 23.1 Å². The van der Waals surface area contributed by atoms with Crippen LogP contribution in [0.2, 0.25) is 0 Å². The smallest absolute Gasteiger partial charge is 0.235 e. The molecule has 0 saturated carbocycles. The number of rotatable bonds is 5. The van der Waals surface area contributed by atoms with E-state index in [-0.39, 0.29) is 17.5 Å². The Kier molecular flexibility index (Phi) is 5.05. The average Bonchev–Trinajstić information content (AvgIpc) is 3.03. The zero-order valence-electron chi connectivity index (χ0n) is 12.0. The van der Waals surface area contributed by atoms with Gasteiger partial charge in [0, 0.05) is 10.5 Å². The third-order valence-corrected chi connectivity index (χ3v) is 4.85. The average molecular weight is 344 g/mol. The number of hydrogen-bond donors (Lipinski definition) is 1. The molecule has 3 rings (SSSR count). The van der Waals surface area contributed by atoms with Gasteiger partial charge in [-0.15, -0.1) is 23.1 Å². The molecule has 0 fully saturated rings. The highest BCUT2D eigenvalue weighted by atomic mass is 32.2. The topological polar surface area (TPSA) is 42.0 Å². The molecule has 1 heterocycles. The van der Waals surface area contributed by atoms with Crippen molar-refractivity contribution in [2.75, 3.05) is 11.1 Å². The molecule has 1 N–H and O–H groups in total. The Hall–Kier alpha value is -2.18. The molecule has 2 aromatic carbocycles. The Balaban J connectivity index is 1.65. The molecule has 6 heteroatoms. The van der Waals surface area contributed by atoms with Crippen LogP contribution in [0, 0.1) is 5.82 Å². The molecule has 0 spiro atoms. The first-order chi connectivity index (χ1) is 11.2. The number of carbonyl (C=O) groups excluding carboxylic acids is 1. The van der Waals surface area contributed by atoms with Gasteiger partial charge in [0.25, 0.3) is 0 Å². The van der Waals surface area contributed by atoms with Crippen molar-refractivity contribution >= 4 is 34.0 Å². The molecular formula is C17H13FN2OS2. The minimum Gasteiger partial charge on any atom is -0.315 e. The van der Waals surface area contributed by atoms with Gasteiger partial charge in [0.15, 0.2) is 0 Å². The molecule has 0 bridgehead atoms. The van der Waals surface area contributed by atoms with Crippen molar-refractivity contribution in [3.63, 3.8) is 0 Å². The summed E-state index contributed by atoms with van der Waals surface area (Å²) in [7, 11) is 0. The number of amides is 1. The van der Waals surface area contributed by atoms with E-state index in [4.69, 9.17) is 0 Å². The monoisotopic (exact) mass is 344 g/mol. The summed E-state index contributed by atoms with van der Waals surface area (Å²) in [5.41, 5.74) is 3.40. The molecule has 3 nitrogen and oxygen atoms in total. The summed E-state index contributed by atoms with van der Waals surface area (Å²) < 4.78 is 13.5. The third-order valence-electron chi connectivity index (χ3n) is 3.06. The molecule has 0 saturated heterocycles. The maximum Gasteiger partial charge on any atom is 0.235 e. The first-order valence-corrected chi connectivity index (χ1v) is 8.76. The third kappa shape index (κ3) is 3.97. The molecule has 0 unspecified atom stereocenters. The normalized spacial score (nSPS) is 10.5. The molecule has 0 aliphatic rings. The molecule has 23 heavy (non-hydrogen) atoms. The Labute approximate surface area is 141 Å². The number of nitrogens with one attached hydrogen (secondary N) is 1. The van der Waals surface area contributed by atoms with Gasteiger partial charge >= 0.3 is 0 Å². The van der Waals surface area contributed by atoms with Crippen molar-refractivity contribution < 1.29 is 9.18 Å². The molecule has 0 aliphatic heterocycles. The lowest BCUT2D eigenvalue weighted by Gasteiger charge is -2.06. The first-order valence-electron chi connectivity index (χ1n) is 6.90. The van der Waals surface area contributed by atoms with E-state index in [0.717, 1.165) is 11.3 Å². The summed E-state index contributed by atoms with van der Waals surface area (Å²) >= 11 is 2.55. The van der Waals surface area contributed by atoms with Crippen LogP contribution < -0.4 is 5.32 Å². The predicted octanol–water partition coefficient (Wildman–Crippen LogP) is 4.68. The van der Waals surface area contributed by atoms with Gasteiger partial charge in [-0.2, -0.15) is 0 Å². The van der Waals surface area contributed by atoms with E-state index < -0.39 is 0 Å². The highest BCUT2D eigenvalue weighted by Crippen LogP contribution is 2.30. The maximum atomic E-state index is 13.5. The summed E-state index contributed by atoms with van der Waals surface area (Å²) in [4.78, 5) is 16.9. The fourth-order valence-corrected chi connectivity index (χ4v) is 3.46. The van der Waals surface area contributed by atoms with Crippen LogP contribution in [0.15, 0.2) is 65.0 Å². The Morgan fingerprint density at radius 3 is 2.65 bits per heavy atom. The number of thioether (sulfide) groups is 1. The molecular weight excluding hydrogens is 331 g/mol. The van der Waals surface area contributed by atoms with Gasteiger partial charge in [-0.1, -0.05) is 42.5 Å². The van der Waals surface area contributed by atoms with Crippen molar-refractivity contribution in [2.45, 2.75) is 4.90 Å². The van der Waals surface area contributed by atoms with Gasteiger partial charge < -0.3 is 5.32 Å². The second kappa shape index (κ2) is 7.39. The summed E-state index contributed by atoms with van der Waals surface area (Å²) in [5, 5.41) is 3.56. The van der Waals surface area contributed by atoms with E-state index in [0.29, 0.717) is 9.90 Å². The molecule has 3 aromatic rings. The Morgan fingerprint density at radius 1 is 1.13 bits per heavy atom. The number of hydrogen-bond acceptors (Lipinski definition) is 4. The van der Waals surface area contributed by atoms with Crippen LogP contribution in [0.1, 0.15) is 0 Å². The minimum atomic E-state index is -0.312. The second-order valence-electron chi connectivity index (χ2n) is 4.66. The summed E-state index contributed by atoms with van der Waals surface area (Å²) in [6.07, 6.45) is 0. The minimum absolute atomic E-state index is 0.146. The van der Waals surface area contributed by atoms with E-state index in [1.54, 1.807) is 23.7 Å². The number of halogens is 1. The number of nitrogens with zero attached hydrogens (tertiary/aromatic N) is 1. The SMILES string of the molecule is O=C(CSc1ccccc1F)Nc1scnc1-c1ccccc1. The zero-order chi connectivity index (χ0) is 16.1. The Bertz CT molecular complexity index is 805. The van der Waals surface area contributed by atoms with E-state index in [9.17, 15) is 9.18 Å². The quantitative estimate of drug-likeness (QED) is 0.683. The van der Waals surface area contributed by atoms with Crippen LogP contribution in [0.25, 0.3) is 11.3 Å². The van der Waals surface area contributed by atoms with Crippen LogP contribution in [0.3, 0.4) is 0 Å². The summed E-state index contributed by atoms with van der Waals surface area (Å²) in [6, 6.07) is 16.1. The Morgan fingerprint density at radius 2 is 1.87 bits per heavy atom. The number of aromatic nitrogens is 1. The lowest BCUT2D eigenvalue weighted by atomic mass is 10.2. The molecule has 0 atom stereocenters. The highest BCUT2D eigenvalue weighted by Gasteiger charge is 2.12. The van der Waals surface area contributed by atoms with E-state index >= 15 is 0 Å². The first kappa shape index (κ1) is 15.7. The molecule has 0 radical (unpaired) electrons. The van der Waals surface area contributed by atoms with E-state index in [1.165, 1.54) is 29.2 Å². The summed E-state index contributed by atoms with van der Waals surface area (Å²) in [6.45, 7) is 0. The van der Waals surface area contributed by atoms with Crippen molar-refractivity contribution in [1.29, 1.82) is 0 Å². The number of benzene rings is 2. The van der Waals surface area contributed by atoms with Crippen LogP contribution in [0.4, 0.5) is 9.39 Å². The van der Waals surface area contributed by atoms with Crippen LogP contribution in [-0.2, 0) is 4.79 Å². The van der Waals surface area contributed by atoms with Crippen molar-refractivity contribution in [3.8, 4) is 11.3 Å². The number of anilines is 1. The van der Waals surface area contributed by atoms with E-state index in [1.807, 2.05) is 30.3 Å². The molecule has 116 valence electrons. The van der Waals surface area contributed by atoms with Crippen molar-refractivity contribution in [3.05, 3.63) is 65.9 Å². The second-order valence-corrected chi connectivity index (χ2v) is 6.54. The zero-order valence-corrected chi connectivity index (χ0v) is 13.7. The number of carbonyl (C=O) groups is 1. The standard InChI is InChI=1S/C17H13FN2OS2/c18-13-8-4-5-9-14(13)22-10-15(21)20-17-16(19-11-23-17)12-6-2-1-3-7-12/h1-9,11H,10H2,(H,20,21). The highest BCUT2D eigenvalue weighted by molar-refractivity contribution is 8.00. The van der Waals surface area contributed by atoms with Crippen LogP contribution in [-0.4, -0.2) is 16.6 Å². The van der Waals surface area contributed by atoms with Crippen LogP contribution in [0.5, 0.6) is 0 Å².